The lowest BCUT2D eigenvalue weighted by Gasteiger charge is -2.45. The van der Waals surface area contributed by atoms with E-state index >= 15 is 0 Å². The van der Waals surface area contributed by atoms with Crippen molar-refractivity contribution in [1.82, 2.24) is 4.31 Å². The zero-order valence-corrected chi connectivity index (χ0v) is 12.1. The molecule has 2 fully saturated rings. The average Bonchev–Trinajstić information content (AvgIpc) is 2.29. The van der Waals surface area contributed by atoms with E-state index in [2.05, 4.69) is 0 Å². The molecule has 0 aromatic rings. The summed E-state index contributed by atoms with van der Waals surface area (Å²) in [5, 5.41) is -0.346. The van der Waals surface area contributed by atoms with Crippen molar-refractivity contribution in [2.24, 2.45) is 5.73 Å². The van der Waals surface area contributed by atoms with E-state index in [0.29, 0.717) is 19.7 Å². The molecule has 2 saturated heterocycles. The monoisotopic (exact) mass is 276 g/mol. The van der Waals surface area contributed by atoms with Gasteiger partial charge in [-0.05, 0) is 39.5 Å². The Kier molecular flexibility index (Phi) is 4.02. The molecular formula is C12H24N2O3S. The van der Waals surface area contributed by atoms with Crippen LogP contribution in [0.1, 0.15) is 39.5 Å². The number of nitrogens with two attached hydrogens (primary N) is 1. The molecular weight excluding hydrogens is 252 g/mol. The fraction of sp³-hybridized carbons (Fsp3) is 1.00. The quantitative estimate of drug-likeness (QED) is 0.805. The summed E-state index contributed by atoms with van der Waals surface area (Å²) in [5.74, 6) is 0. The van der Waals surface area contributed by atoms with E-state index < -0.39 is 10.0 Å². The van der Waals surface area contributed by atoms with Crippen molar-refractivity contribution in [3.8, 4) is 0 Å². The molecule has 1 spiro atoms. The third-order valence-corrected chi connectivity index (χ3v) is 6.40. The SMILES string of the molecule is CC(C)S(=O)(=O)N1CCC2(CC1)CC(N)CCO2. The lowest BCUT2D eigenvalue weighted by atomic mass is 9.83. The van der Waals surface area contributed by atoms with Crippen LogP contribution < -0.4 is 5.73 Å². The lowest BCUT2D eigenvalue weighted by molar-refractivity contribution is -0.108. The van der Waals surface area contributed by atoms with Gasteiger partial charge in [0.15, 0.2) is 0 Å². The van der Waals surface area contributed by atoms with Crippen LogP contribution in [0.3, 0.4) is 0 Å². The maximum atomic E-state index is 12.1. The molecule has 18 heavy (non-hydrogen) atoms. The highest BCUT2D eigenvalue weighted by Gasteiger charge is 2.42. The van der Waals surface area contributed by atoms with Gasteiger partial charge in [0.1, 0.15) is 0 Å². The Bertz CT molecular complexity index is 386. The second kappa shape index (κ2) is 5.07. The Balaban J connectivity index is 2.00. The van der Waals surface area contributed by atoms with Crippen molar-refractivity contribution in [2.75, 3.05) is 19.7 Å². The van der Waals surface area contributed by atoms with Gasteiger partial charge >= 0.3 is 0 Å². The van der Waals surface area contributed by atoms with Crippen LogP contribution in [0.5, 0.6) is 0 Å². The molecule has 2 aliphatic rings. The summed E-state index contributed by atoms with van der Waals surface area (Å²) in [6.45, 7) is 5.29. The number of nitrogens with zero attached hydrogens (tertiary/aromatic N) is 1. The van der Waals surface area contributed by atoms with Crippen LogP contribution in [-0.4, -0.2) is 49.3 Å². The summed E-state index contributed by atoms with van der Waals surface area (Å²) in [7, 11) is -3.12. The Morgan fingerprint density at radius 1 is 1.33 bits per heavy atom. The number of hydrogen-bond donors (Lipinski definition) is 1. The maximum Gasteiger partial charge on any atom is 0.216 e. The molecule has 0 saturated carbocycles. The average molecular weight is 276 g/mol. The summed E-state index contributed by atoms with van der Waals surface area (Å²) in [4.78, 5) is 0. The summed E-state index contributed by atoms with van der Waals surface area (Å²) < 4.78 is 31.7. The van der Waals surface area contributed by atoms with Gasteiger partial charge in [0.05, 0.1) is 10.9 Å². The van der Waals surface area contributed by atoms with E-state index in [1.54, 1.807) is 18.2 Å². The summed E-state index contributed by atoms with van der Waals surface area (Å²) in [6, 6.07) is 0.201. The molecule has 2 aliphatic heterocycles. The first kappa shape index (κ1) is 14.2. The van der Waals surface area contributed by atoms with Crippen LogP contribution in [0.15, 0.2) is 0 Å². The topological polar surface area (TPSA) is 72.6 Å². The third kappa shape index (κ3) is 2.71. The van der Waals surface area contributed by atoms with Crippen molar-refractivity contribution >= 4 is 10.0 Å². The van der Waals surface area contributed by atoms with E-state index in [1.165, 1.54) is 0 Å². The minimum Gasteiger partial charge on any atom is -0.375 e. The van der Waals surface area contributed by atoms with Crippen molar-refractivity contribution in [3.63, 3.8) is 0 Å². The highest BCUT2D eigenvalue weighted by Crippen LogP contribution is 2.35. The second-order valence-electron chi connectivity index (χ2n) is 5.78. The normalized spacial score (nSPS) is 29.9. The van der Waals surface area contributed by atoms with Crippen LogP contribution >= 0.6 is 0 Å². The smallest absolute Gasteiger partial charge is 0.216 e. The zero-order chi connectivity index (χ0) is 13.4. The number of rotatable bonds is 2. The molecule has 2 heterocycles. The standard InChI is InChI=1S/C12H24N2O3S/c1-10(2)18(15,16)14-6-4-12(5-7-14)9-11(13)3-8-17-12/h10-11H,3-9,13H2,1-2H3. The first-order chi connectivity index (χ1) is 8.36. The predicted octanol–water partition coefficient (Wildman–Crippen LogP) is 0.697. The van der Waals surface area contributed by atoms with Crippen molar-refractivity contribution in [3.05, 3.63) is 0 Å². The molecule has 2 N–H and O–H groups in total. The maximum absolute atomic E-state index is 12.1. The highest BCUT2D eigenvalue weighted by molar-refractivity contribution is 7.89. The second-order valence-corrected chi connectivity index (χ2v) is 8.27. The minimum absolute atomic E-state index is 0.166. The van der Waals surface area contributed by atoms with E-state index in [4.69, 9.17) is 10.5 Å². The molecule has 5 nitrogen and oxygen atoms in total. The van der Waals surface area contributed by atoms with Crippen LogP contribution in [0.25, 0.3) is 0 Å². The molecule has 0 amide bonds. The lowest BCUT2D eigenvalue weighted by Crippen LogP contribution is -2.53. The van der Waals surface area contributed by atoms with Gasteiger partial charge in [0.25, 0.3) is 0 Å². The number of ether oxygens (including phenoxy) is 1. The molecule has 1 unspecified atom stereocenters. The van der Waals surface area contributed by atoms with Gasteiger partial charge < -0.3 is 10.5 Å². The molecule has 0 aliphatic carbocycles. The Morgan fingerprint density at radius 2 is 1.94 bits per heavy atom. The van der Waals surface area contributed by atoms with Gasteiger partial charge in [-0.15, -0.1) is 0 Å². The van der Waals surface area contributed by atoms with E-state index in [-0.39, 0.29) is 16.9 Å². The van der Waals surface area contributed by atoms with Crippen molar-refractivity contribution < 1.29 is 13.2 Å². The first-order valence-corrected chi connectivity index (χ1v) is 8.25. The minimum atomic E-state index is -3.12. The molecule has 1 atom stereocenters. The van der Waals surface area contributed by atoms with Gasteiger partial charge in [-0.2, -0.15) is 0 Å². The zero-order valence-electron chi connectivity index (χ0n) is 11.3. The highest BCUT2D eigenvalue weighted by atomic mass is 32.2. The predicted molar refractivity (Wildman–Crippen MR) is 70.8 cm³/mol. The van der Waals surface area contributed by atoms with Crippen LogP contribution in [0.2, 0.25) is 0 Å². The van der Waals surface area contributed by atoms with Crippen molar-refractivity contribution in [2.45, 2.75) is 56.4 Å². The first-order valence-electron chi connectivity index (χ1n) is 6.74. The Morgan fingerprint density at radius 3 is 2.44 bits per heavy atom. The summed E-state index contributed by atoms with van der Waals surface area (Å²) in [6.07, 6.45) is 3.32. The third-order valence-electron chi connectivity index (χ3n) is 4.12. The number of hydrogen-bond acceptors (Lipinski definition) is 4. The fourth-order valence-electron chi connectivity index (χ4n) is 2.86. The Hall–Kier alpha value is -0.170. The van der Waals surface area contributed by atoms with Gasteiger partial charge in [-0.25, -0.2) is 12.7 Å². The van der Waals surface area contributed by atoms with Crippen LogP contribution in [-0.2, 0) is 14.8 Å². The van der Waals surface area contributed by atoms with Gasteiger partial charge in [0, 0.05) is 25.7 Å². The van der Waals surface area contributed by atoms with Crippen LogP contribution in [0, 0.1) is 0 Å². The molecule has 0 bridgehead atoms. The van der Waals surface area contributed by atoms with E-state index in [1.807, 2.05) is 0 Å². The van der Waals surface area contributed by atoms with E-state index in [0.717, 1.165) is 25.7 Å². The fourth-order valence-corrected chi connectivity index (χ4v) is 4.15. The van der Waals surface area contributed by atoms with Gasteiger partial charge in [0.2, 0.25) is 10.0 Å². The molecule has 2 rings (SSSR count). The van der Waals surface area contributed by atoms with E-state index in [9.17, 15) is 8.42 Å². The largest absolute Gasteiger partial charge is 0.375 e. The number of sulfonamides is 1. The molecule has 6 heteroatoms. The molecule has 0 radical (unpaired) electrons. The van der Waals surface area contributed by atoms with Gasteiger partial charge in [-0.1, -0.05) is 0 Å². The molecule has 0 aromatic carbocycles. The summed E-state index contributed by atoms with van der Waals surface area (Å²) in [5.41, 5.74) is 5.83. The molecule has 106 valence electrons. The Labute approximate surface area is 110 Å². The summed E-state index contributed by atoms with van der Waals surface area (Å²) >= 11 is 0. The van der Waals surface area contributed by atoms with Crippen LogP contribution in [0.4, 0.5) is 0 Å². The van der Waals surface area contributed by atoms with Crippen molar-refractivity contribution in [1.29, 1.82) is 0 Å². The number of piperidine rings is 1. The van der Waals surface area contributed by atoms with Gasteiger partial charge in [-0.3, -0.25) is 0 Å². The molecule has 0 aromatic heterocycles.